The minimum absolute atomic E-state index is 0.0556. The summed E-state index contributed by atoms with van der Waals surface area (Å²) in [4.78, 5) is 22.7. The van der Waals surface area contributed by atoms with Gasteiger partial charge in [0.15, 0.2) is 0 Å². The number of hydrogen-bond acceptors (Lipinski definition) is 3. The summed E-state index contributed by atoms with van der Waals surface area (Å²) in [6.45, 7) is 11.5. The lowest BCUT2D eigenvalue weighted by Gasteiger charge is -2.04. The van der Waals surface area contributed by atoms with Gasteiger partial charge in [-0.15, -0.1) is 0 Å². The zero-order valence-electron chi connectivity index (χ0n) is 12.5. The minimum Gasteiger partial charge on any atom is -0.361 e. The lowest BCUT2D eigenvalue weighted by Crippen LogP contribution is -2.26. The molecule has 2 amide bonds. The fourth-order valence-electron chi connectivity index (χ4n) is 0.769. The van der Waals surface area contributed by atoms with Gasteiger partial charge in [0.05, 0.1) is 0 Å². The van der Waals surface area contributed by atoms with Gasteiger partial charge in [-0.2, -0.15) is 0 Å². The molecule has 5 heteroatoms. The number of nitrogens with zero attached hydrogens (tertiary/aromatic N) is 1. The minimum atomic E-state index is -0.147. The molecule has 0 radical (unpaired) electrons. The van der Waals surface area contributed by atoms with Gasteiger partial charge in [-0.25, -0.2) is 0 Å². The summed E-state index contributed by atoms with van der Waals surface area (Å²) in [6, 6.07) is 0. The van der Waals surface area contributed by atoms with Crippen molar-refractivity contribution >= 4 is 11.8 Å². The molecule has 0 atom stereocenters. The van der Waals surface area contributed by atoms with Gasteiger partial charge in [0, 0.05) is 26.3 Å². The van der Waals surface area contributed by atoms with E-state index in [9.17, 15) is 9.59 Å². The summed E-state index contributed by atoms with van der Waals surface area (Å²) in [5, 5.41) is 2.58. The van der Waals surface area contributed by atoms with Crippen LogP contribution in [0, 0.1) is 0 Å². The number of ether oxygens (including phenoxy) is 1. The average Bonchev–Trinajstić information content (AvgIpc) is 2.37. The third kappa shape index (κ3) is 14.3. The quantitative estimate of drug-likeness (QED) is 0.435. The number of amides is 2. The van der Waals surface area contributed by atoms with Crippen molar-refractivity contribution in [3.05, 3.63) is 24.8 Å². The number of unbranched alkanes of at least 4 members (excludes halogenated alkanes) is 1. The predicted octanol–water partition coefficient (Wildman–Crippen LogP) is 1.71. The number of hydrogen-bond donors (Lipinski definition) is 1. The molecule has 0 aliphatic heterocycles. The smallest absolute Gasteiger partial charge is 0.248 e. The number of likely N-dealkylation sites (N-methyl/N-ethyl adjacent to an activating group) is 1. The zero-order chi connectivity index (χ0) is 15.3. The van der Waals surface area contributed by atoms with Gasteiger partial charge in [0.1, 0.15) is 6.73 Å². The average molecular weight is 270 g/mol. The van der Waals surface area contributed by atoms with Crippen molar-refractivity contribution in [3.8, 4) is 0 Å². The Hall–Kier alpha value is -1.62. The van der Waals surface area contributed by atoms with Crippen LogP contribution in [0.4, 0.5) is 0 Å². The zero-order valence-corrected chi connectivity index (χ0v) is 12.5. The van der Waals surface area contributed by atoms with Crippen molar-refractivity contribution in [2.45, 2.75) is 26.7 Å². The Morgan fingerprint density at radius 3 is 2.26 bits per heavy atom. The summed E-state index contributed by atoms with van der Waals surface area (Å²) < 4.78 is 5.12. The first kappa shape index (κ1) is 19.7. The van der Waals surface area contributed by atoms with Crippen molar-refractivity contribution in [1.29, 1.82) is 0 Å². The molecule has 0 bridgehead atoms. The van der Waals surface area contributed by atoms with Crippen LogP contribution >= 0.6 is 0 Å². The van der Waals surface area contributed by atoms with Crippen molar-refractivity contribution in [3.63, 3.8) is 0 Å². The maximum Gasteiger partial charge on any atom is 0.248 e. The first-order valence-corrected chi connectivity index (χ1v) is 6.21. The lowest BCUT2D eigenvalue weighted by molar-refractivity contribution is -0.123. The van der Waals surface area contributed by atoms with E-state index in [-0.39, 0.29) is 18.5 Å². The van der Waals surface area contributed by atoms with Gasteiger partial charge >= 0.3 is 0 Å². The van der Waals surface area contributed by atoms with Gasteiger partial charge in [-0.1, -0.05) is 26.5 Å². The molecular weight excluding hydrogens is 244 g/mol. The fraction of sp³-hybridized carbons (Fsp3) is 0.571. The van der Waals surface area contributed by atoms with Crippen LogP contribution in [0.15, 0.2) is 24.8 Å². The Morgan fingerprint density at radius 2 is 1.95 bits per heavy atom. The third-order valence-corrected chi connectivity index (χ3v) is 1.98. The van der Waals surface area contributed by atoms with E-state index in [1.165, 1.54) is 11.0 Å². The van der Waals surface area contributed by atoms with Crippen LogP contribution < -0.4 is 5.32 Å². The Bertz CT molecular complexity index is 299. The van der Waals surface area contributed by atoms with Crippen LogP contribution in [0.2, 0.25) is 0 Å². The van der Waals surface area contributed by atoms with E-state index in [1.54, 1.807) is 21.0 Å². The van der Waals surface area contributed by atoms with Crippen LogP contribution in [0.3, 0.4) is 0 Å². The van der Waals surface area contributed by atoms with Crippen LogP contribution in [0.5, 0.6) is 0 Å². The molecule has 0 spiro atoms. The summed E-state index contributed by atoms with van der Waals surface area (Å²) in [5.41, 5.74) is 0.508. The van der Waals surface area contributed by atoms with E-state index in [0.29, 0.717) is 12.2 Å². The van der Waals surface area contributed by atoms with Crippen molar-refractivity contribution < 1.29 is 14.3 Å². The monoisotopic (exact) mass is 270 g/mol. The molecule has 0 saturated carbocycles. The summed E-state index contributed by atoms with van der Waals surface area (Å²) in [5.74, 6) is -0.202. The van der Waals surface area contributed by atoms with Crippen LogP contribution in [0.25, 0.3) is 0 Å². The van der Waals surface area contributed by atoms with Gasteiger partial charge in [-0.3, -0.25) is 9.59 Å². The van der Waals surface area contributed by atoms with Crippen LogP contribution in [0.1, 0.15) is 26.7 Å². The molecule has 0 fully saturated rings. The molecule has 0 unspecified atom stereocenters. The van der Waals surface area contributed by atoms with E-state index in [4.69, 9.17) is 4.74 Å². The Labute approximate surface area is 116 Å². The Balaban J connectivity index is 0. The number of rotatable bonds is 7. The summed E-state index contributed by atoms with van der Waals surface area (Å²) >= 11 is 0. The molecule has 0 aromatic heterocycles. The second-order valence-corrected chi connectivity index (χ2v) is 4.13. The highest BCUT2D eigenvalue weighted by molar-refractivity contribution is 5.91. The third-order valence-electron chi connectivity index (χ3n) is 1.98. The van der Waals surface area contributed by atoms with E-state index >= 15 is 0 Å². The van der Waals surface area contributed by atoms with Crippen LogP contribution in [-0.2, 0) is 14.3 Å². The molecular formula is C14H26N2O3. The molecule has 0 aliphatic rings. The highest BCUT2D eigenvalue weighted by atomic mass is 16.5. The maximum atomic E-state index is 10.9. The number of carbonyl (C=O) groups excluding carboxylic acids is 2. The topological polar surface area (TPSA) is 58.6 Å². The fourth-order valence-corrected chi connectivity index (χ4v) is 0.769. The molecule has 0 aromatic carbocycles. The molecule has 0 rings (SSSR count). The van der Waals surface area contributed by atoms with Crippen molar-refractivity contribution in [1.82, 2.24) is 10.2 Å². The second-order valence-electron chi connectivity index (χ2n) is 4.13. The lowest BCUT2D eigenvalue weighted by atomic mass is 10.3. The molecule has 0 aliphatic carbocycles. The SMILES string of the molecule is C=C(C)C(=O)NCOCCCC.C=CC(=O)N(C)C. The molecule has 5 nitrogen and oxygen atoms in total. The normalized spacial score (nSPS) is 8.84. The summed E-state index contributed by atoms with van der Waals surface area (Å²) in [6.07, 6.45) is 3.41. The van der Waals surface area contributed by atoms with Crippen LogP contribution in [-0.4, -0.2) is 44.1 Å². The first-order valence-electron chi connectivity index (χ1n) is 6.21. The number of nitrogens with one attached hydrogen (secondary N) is 1. The van der Waals surface area contributed by atoms with Gasteiger partial charge < -0.3 is 15.0 Å². The summed E-state index contributed by atoms with van der Waals surface area (Å²) in [7, 11) is 3.37. The van der Waals surface area contributed by atoms with E-state index < -0.39 is 0 Å². The highest BCUT2D eigenvalue weighted by Gasteiger charge is 1.98. The molecule has 110 valence electrons. The van der Waals surface area contributed by atoms with Gasteiger partial charge in [0.25, 0.3) is 0 Å². The largest absolute Gasteiger partial charge is 0.361 e. The van der Waals surface area contributed by atoms with Crippen molar-refractivity contribution in [2.75, 3.05) is 27.4 Å². The molecule has 0 aromatic rings. The Kier molecular flexibility index (Phi) is 13.3. The second kappa shape index (κ2) is 12.8. The standard InChI is InChI=1S/C9H17NO2.C5H9NO/c1-4-5-6-12-7-10-9(11)8(2)3;1-4-5(7)6(2)3/h2,4-7H2,1,3H3,(H,10,11);4H,1H2,2-3H3. The predicted molar refractivity (Wildman–Crippen MR) is 77.6 cm³/mol. The molecule has 1 N–H and O–H groups in total. The molecule has 19 heavy (non-hydrogen) atoms. The van der Waals surface area contributed by atoms with E-state index in [1.807, 2.05) is 0 Å². The van der Waals surface area contributed by atoms with Crippen molar-refractivity contribution in [2.24, 2.45) is 0 Å². The molecule has 0 saturated heterocycles. The number of carbonyl (C=O) groups is 2. The van der Waals surface area contributed by atoms with E-state index in [0.717, 1.165) is 12.8 Å². The first-order chi connectivity index (χ1) is 8.86. The van der Waals surface area contributed by atoms with Gasteiger partial charge in [-0.05, 0) is 19.4 Å². The Morgan fingerprint density at radius 1 is 1.37 bits per heavy atom. The van der Waals surface area contributed by atoms with E-state index in [2.05, 4.69) is 25.4 Å². The van der Waals surface area contributed by atoms with Gasteiger partial charge in [0.2, 0.25) is 11.8 Å². The maximum absolute atomic E-state index is 10.9. The highest BCUT2D eigenvalue weighted by Crippen LogP contribution is 1.88. The molecule has 0 heterocycles.